The largest absolute Gasteiger partial charge is 0.489 e. The normalized spacial score (nSPS) is 21.8. The van der Waals surface area contributed by atoms with Crippen LogP contribution in [0.5, 0.6) is 5.75 Å². The lowest BCUT2D eigenvalue weighted by atomic mass is 10.1. The van der Waals surface area contributed by atoms with E-state index in [9.17, 15) is 4.79 Å². The van der Waals surface area contributed by atoms with Crippen molar-refractivity contribution in [3.05, 3.63) is 64.7 Å². The predicted octanol–water partition coefficient (Wildman–Crippen LogP) is 3.14. The number of rotatable bonds is 7. The molecule has 1 saturated carbocycles. The highest BCUT2D eigenvalue weighted by atomic mass is 35.5. The van der Waals surface area contributed by atoms with Crippen LogP contribution in [0.2, 0.25) is 5.02 Å². The van der Waals surface area contributed by atoms with Gasteiger partial charge in [-0.15, -0.1) is 0 Å². The summed E-state index contributed by atoms with van der Waals surface area (Å²) in [6.45, 7) is 4.56. The molecule has 1 saturated heterocycles. The molecule has 29 heavy (non-hydrogen) atoms. The molecule has 2 fully saturated rings. The van der Waals surface area contributed by atoms with E-state index in [1.54, 1.807) is 0 Å². The fourth-order valence-electron chi connectivity index (χ4n) is 3.73. The number of carbonyl (C=O) groups is 1. The fourth-order valence-corrected chi connectivity index (χ4v) is 3.86. The summed E-state index contributed by atoms with van der Waals surface area (Å²) < 4.78 is 5.86. The second-order valence-electron chi connectivity index (χ2n) is 8.00. The van der Waals surface area contributed by atoms with Crippen molar-refractivity contribution < 1.29 is 9.53 Å². The van der Waals surface area contributed by atoms with E-state index >= 15 is 0 Å². The van der Waals surface area contributed by atoms with Crippen LogP contribution in [0.25, 0.3) is 0 Å². The van der Waals surface area contributed by atoms with Gasteiger partial charge in [0, 0.05) is 43.2 Å². The number of amides is 1. The molecule has 5 nitrogen and oxygen atoms in total. The van der Waals surface area contributed by atoms with E-state index in [0.29, 0.717) is 25.1 Å². The first-order valence-electron chi connectivity index (χ1n) is 10.3. The third kappa shape index (κ3) is 5.50. The number of hydrogen-bond donors (Lipinski definition) is 1. The molecule has 2 aromatic carbocycles. The summed E-state index contributed by atoms with van der Waals surface area (Å²) in [5, 5.41) is 4.16. The molecule has 4 rings (SSSR count). The molecule has 1 heterocycles. The Hall–Kier alpha value is -2.08. The molecule has 1 aliphatic carbocycles. The maximum Gasteiger partial charge on any atom is 0.236 e. The SMILES string of the molecule is CN1CCN(C(=O)CN[C@H]2C[C@@H]2c2ccc(OCc3ccc(Cl)cc3)cc2)CC1. The van der Waals surface area contributed by atoms with Crippen LogP contribution in [0, 0.1) is 0 Å². The Bertz CT molecular complexity index is 817. The molecular weight excluding hydrogens is 386 g/mol. The van der Waals surface area contributed by atoms with Crippen molar-refractivity contribution in [2.24, 2.45) is 0 Å². The summed E-state index contributed by atoms with van der Waals surface area (Å²) in [5.41, 5.74) is 2.39. The summed E-state index contributed by atoms with van der Waals surface area (Å²) in [4.78, 5) is 16.6. The van der Waals surface area contributed by atoms with Crippen molar-refractivity contribution >= 4 is 17.5 Å². The number of hydrogen-bond acceptors (Lipinski definition) is 4. The number of benzene rings is 2. The summed E-state index contributed by atoms with van der Waals surface area (Å²) in [6, 6.07) is 16.4. The van der Waals surface area contributed by atoms with Gasteiger partial charge in [-0.25, -0.2) is 0 Å². The molecule has 0 radical (unpaired) electrons. The zero-order valence-corrected chi connectivity index (χ0v) is 17.6. The molecule has 0 bridgehead atoms. The molecule has 1 amide bonds. The average Bonchev–Trinajstić information content (AvgIpc) is 3.52. The van der Waals surface area contributed by atoms with E-state index in [2.05, 4.69) is 29.4 Å². The summed E-state index contributed by atoms with van der Waals surface area (Å²) in [6.07, 6.45) is 1.08. The zero-order chi connectivity index (χ0) is 20.2. The van der Waals surface area contributed by atoms with E-state index in [1.165, 1.54) is 5.56 Å². The van der Waals surface area contributed by atoms with E-state index < -0.39 is 0 Å². The number of ether oxygens (including phenoxy) is 1. The van der Waals surface area contributed by atoms with Gasteiger partial charge in [-0.05, 0) is 48.9 Å². The first-order chi connectivity index (χ1) is 14.1. The maximum atomic E-state index is 12.4. The number of piperazine rings is 1. The minimum atomic E-state index is 0.217. The van der Waals surface area contributed by atoms with E-state index in [0.717, 1.165) is 48.9 Å². The molecule has 0 aromatic heterocycles. The Kier molecular flexibility index (Phi) is 6.38. The summed E-state index contributed by atoms with van der Waals surface area (Å²) in [5.74, 6) is 1.56. The van der Waals surface area contributed by atoms with Gasteiger partial charge in [0.25, 0.3) is 0 Å². The molecule has 2 aromatic rings. The highest BCUT2D eigenvalue weighted by Crippen LogP contribution is 2.41. The molecule has 0 unspecified atom stereocenters. The first kappa shape index (κ1) is 20.2. The van der Waals surface area contributed by atoms with Crippen molar-refractivity contribution in [1.29, 1.82) is 0 Å². The van der Waals surface area contributed by atoms with Gasteiger partial charge >= 0.3 is 0 Å². The standard InChI is InChI=1S/C23H28ClN3O2/c1-26-10-12-27(13-11-26)23(28)15-25-22-14-21(22)18-4-8-20(9-5-18)29-16-17-2-6-19(24)7-3-17/h2-9,21-22,25H,10-16H2,1H3/t21-,22+/m1/s1. The van der Waals surface area contributed by atoms with Crippen molar-refractivity contribution in [3.8, 4) is 5.75 Å². The van der Waals surface area contributed by atoms with Crippen LogP contribution in [0.15, 0.2) is 48.5 Å². The minimum Gasteiger partial charge on any atom is -0.489 e. The molecule has 1 N–H and O–H groups in total. The summed E-state index contributed by atoms with van der Waals surface area (Å²) in [7, 11) is 2.10. The highest BCUT2D eigenvalue weighted by molar-refractivity contribution is 6.30. The summed E-state index contributed by atoms with van der Waals surface area (Å²) >= 11 is 5.91. The Morgan fingerprint density at radius 2 is 1.76 bits per heavy atom. The van der Waals surface area contributed by atoms with Gasteiger partial charge in [0.15, 0.2) is 0 Å². The van der Waals surface area contributed by atoms with Crippen LogP contribution in [0.4, 0.5) is 0 Å². The minimum absolute atomic E-state index is 0.217. The lowest BCUT2D eigenvalue weighted by molar-refractivity contribution is -0.131. The number of halogens is 1. The van der Waals surface area contributed by atoms with Gasteiger partial charge in [0.2, 0.25) is 5.91 Å². The first-order valence-corrected chi connectivity index (χ1v) is 10.6. The van der Waals surface area contributed by atoms with E-state index in [4.69, 9.17) is 16.3 Å². The fraction of sp³-hybridized carbons (Fsp3) is 0.435. The lowest BCUT2D eigenvalue weighted by Gasteiger charge is -2.32. The van der Waals surface area contributed by atoms with Crippen molar-refractivity contribution in [3.63, 3.8) is 0 Å². The predicted molar refractivity (Wildman–Crippen MR) is 115 cm³/mol. The molecule has 6 heteroatoms. The third-order valence-electron chi connectivity index (χ3n) is 5.79. The van der Waals surface area contributed by atoms with Gasteiger partial charge in [0.05, 0.1) is 6.54 Å². The number of carbonyl (C=O) groups excluding carboxylic acids is 1. The smallest absolute Gasteiger partial charge is 0.236 e. The lowest BCUT2D eigenvalue weighted by Crippen LogP contribution is -2.49. The van der Waals surface area contributed by atoms with Crippen LogP contribution in [0.1, 0.15) is 23.5 Å². The van der Waals surface area contributed by atoms with Gasteiger partial charge < -0.3 is 19.9 Å². The van der Waals surface area contributed by atoms with Crippen LogP contribution in [-0.2, 0) is 11.4 Å². The van der Waals surface area contributed by atoms with Crippen molar-refractivity contribution in [2.75, 3.05) is 39.8 Å². The molecule has 0 spiro atoms. The number of nitrogens with one attached hydrogen (secondary N) is 1. The van der Waals surface area contributed by atoms with Gasteiger partial charge in [-0.2, -0.15) is 0 Å². The number of nitrogens with zero attached hydrogens (tertiary/aromatic N) is 2. The molecule has 2 aliphatic rings. The second-order valence-corrected chi connectivity index (χ2v) is 8.43. The average molecular weight is 414 g/mol. The molecular formula is C23H28ClN3O2. The monoisotopic (exact) mass is 413 g/mol. The number of likely N-dealkylation sites (N-methyl/N-ethyl adjacent to an activating group) is 1. The van der Waals surface area contributed by atoms with E-state index in [-0.39, 0.29) is 5.91 Å². The van der Waals surface area contributed by atoms with Gasteiger partial charge in [0.1, 0.15) is 12.4 Å². The second kappa shape index (κ2) is 9.16. The highest BCUT2D eigenvalue weighted by Gasteiger charge is 2.38. The molecule has 1 aliphatic heterocycles. The zero-order valence-electron chi connectivity index (χ0n) is 16.8. The maximum absolute atomic E-state index is 12.4. The van der Waals surface area contributed by atoms with Crippen LogP contribution < -0.4 is 10.1 Å². The van der Waals surface area contributed by atoms with Crippen LogP contribution in [-0.4, -0.2) is 61.5 Å². The Morgan fingerprint density at radius 1 is 1.07 bits per heavy atom. The third-order valence-corrected chi connectivity index (χ3v) is 6.04. The topological polar surface area (TPSA) is 44.8 Å². The molecule has 2 atom stereocenters. The quantitative estimate of drug-likeness (QED) is 0.757. The Labute approximate surface area is 177 Å². The van der Waals surface area contributed by atoms with Gasteiger partial charge in [-0.3, -0.25) is 4.79 Å². The van der Waals surface area contributed by atoms with Crippen LogP contribution >= 0.6 is 11.6 Å². The van der Waals surface area contributed by atoms with Gasteiger partial charge in [-0.1, -0.05) is 35.9 Å². The van der Waals surface area contributed by atoms with Crippen molar-refractivity contribution in [1.82, 2.24) is 15.1 Å². The Balaban J connectivity index is 1.20. The molecule has 154 valence electrons. The van der Waals surface area contributed by atoms with Crippen molar-refractivity contribution in [2.45, 2.75) is 25.0 Å². The van der Waals surface area contributed by atoms with Crippen LogP contribution in [0.3, 0.4) is 0 Å². The van der Waals surface area contributed by atoms with E-state index in [1.807, 2.05) is 41.3 Å². The Morgan fingerprint density at radius 3 is 2.45 bits per heavy atom.